The van der Waals surface area contributed by atoms with Gasteiger partial charge in [0.2, 0.25) is 5.95 Å². The third-order valence-electron chi connectivity index (χ3n) is 4.32. The van der Waals surface area contributed by atoms with Crippen LogP contribution >= 0.6 is 0 Å². The molecule has 7 heteroatoms. The smallest absolute Gasteiger partial charge is 0.273 e. The first-order chi connectivity index (χ1) is 12.0. The average molecular weight is 342 g/mol. The normalized spacial score (nSPS) is 19.8. The lowest BCUT2D eigenvalue weighted by Crippen LogP contribution is -2.32. The van der Waals surface area contributed by atoms with E-state index in [1.54, 1.807) is 25.1 Å². The summed E-state index contributed by atoms with van der Waals surface area (Å²) >= 11 is 0. The average Bonchev–Trinajstić information content (AvgIpc) is 3.02. The molecule has 0 bridgehead atoms. The maximum atomic E-state index is 13.0. The highest BCUT2D eigenvalue weighted by Gasteiger charge is 2.36. The van der Waals surface area contributed by atoms with Crippen molar-refractivity contribution in [1.82, 2.24) is 14.9 Å². The number of amides is 1. The molecule has 1 aromatic carbocycles. The van der Waals surface area contributed by atoms with E-state index < -0.39 is 6.10 Å². The topological polar surface area (TPSA) is 87.6 Å². The first kappa shape index (κ1) is 17.2. The fraction of sp³-hybridized carbons (Fsp3) is 0.389. The first-order valence-electron chi connectivity index (χ1n) is 8.18. The van der Waals surface area contributed by atoms with Gasteiger partial charge in [-0.05, 0) is 37.1 Å². The highest BCUT2D eigenvalue weighted by atomic mass is 16.5. The number of carbonyl (C=O) groups is 1. The summed E-state index contributed by atoms with van der Waals surface area (Å²) in [7, 11) is 3.32. The first-order valence-corrected chi connectivity index (χ1v) is 8.18. The largest absolute Gasteiger partial charge is 0.497 e. The van der Waals surface area contributed by atoms with E-state index in [4.69, 9.17) is 4.74 Å². The van der Waals surface area contributed by atoms with Gasteiger partial charge in [-0.25, -0.2) is 9.97 Å². The summed E-state index contributed by atoms with van der Waals surface area (Å²) in [5, 5.41) is 13.0. The molecule has 2 N–H and O–H groups in total. The molecular weight excluding hydrogens is 320 g/mol. The van der Waals surface area contributed by atoms with Crippen molar-refractivity contribution in [2.75, 3.05) is 26.0 Å². The second kappa shape index (κ2) is 7.06. The Morgan fingerprint density at radius 1 is 1.36 bits per heavy atom. The molecule has 1 fully saturated rings. The Morgan fingerprint density at radius 3 is 2.88 bits per heavy atom. The van der Waals surface area contributed by atoms with E-state index >= 15 is 0 Å². The van der Waals surface area contributed by atoms with Crippen LogP contribution in [0.4, 0.5) is 5.95 Å². The van der Waals surface area contributed by atoms with Crippen molar-refractivity contribution in [3.8, 4) is 5.75 Å². The van der Waals surface area contributed by atoms with E-state index in [1.165, 1.54) is 0 Å². The molecule has 2 aromatic rings. The standard InChI is InChI=1S/C18H22N4O3/c1-11-7-15(21-18(19-2)20-11)17(24)22-10-13(23)9-16(22)12-5-4-6-14(8-12)25-3/h4-8,13,16,23H,9-10H2,1-3H3,(H,19,20,21)/t13-,16+/m0/s1. The predicted octanol–water partition coefficient (Wildman–Crippen LogP) is 1.78. The summed E-state index contributed by atoms with van der Waals surface area (Å²) in [6.45, 7) is 2.09. The third kappa shape index (κ3) is 3.56. The molecule has 1 aliphatic heterocycles. The van der Waals surface area contributed by atoms with Gasteiger partial charge in [-0.2, -0.15) is 0 Å². The molecule has 0 saturated carbocycles. The van der Waals surface area contributed by atoms with E-state index in [1.807, 2.05) is 31.2 Å². The van der Waals surface area contributed by atoms with Crippen LogP contribution in [0.25, 0.3) is 0 Å². The monoisotopic (exact) mass is 342 g/mol. The lowest BCUT2D eigenvalue weighted by molar-refractivity contribution is 0.0709. The van der Waals surface area contributed by atoms with Crippen molar-refractivity contribution in [2.24, 2.45) is 0 Å². The fourth-order valence-corrected chi connectivity index (χ4v) is 3.14. The molecule has 2 atom stereocenters. The van der Waals surface area contributed by atoms with Gasteiger partial charge in [0, 0.05) is 19.3 Å². The van der Waals surface area contributed by atoms with E-state index in [2.05, 4.69) is 15.3 Å². The van der Waals surface area contributed by atoms with Crippen molar-refractivity contribution in [3.63, 3.8) is 0 Å². The predicted molar refractivity (Wildman–Crippen MR) is 93.7 cm³/mol. The number of aliphatic hydroxyl groups excluding tert-OH is 1. The van der Waals surface area contributed by atoms with Gasteiger partial charge in [0.25, 0.3) is 5.91 Å². The van der Waals surface area contributed by atoms with E-state index in [-0.39, 0.29) is 18.5 Å². The number of nitrogens with zero attached hydrogens (tertiary/aromatic N) is 3. The van der Waals surface area contributed by atoms with Crippen LogP contribution in [0.2, 0.25) is 0 Å². The summed E-state index contributed by atoms with van der Waals surface area (Å²) in [6.07, 6.45) is -0.0751. The van der Waals surface area contributed by atoms with Crippen molar-refractivity contribution < 1.29 is 14.6 Å². The number of nitrogens with one attached hydrogen (secondary N) is 1. The Balaban J connectivity index is 1.93. The summed E-state index contributed by atoms with van der Waals surface area (Å²) in [4.78, 5) is 23.2. The van der Waals surface area contributed by atoms with Gasteiger partial charge in [0.1, 0.15) is 11.4 Å². The zero-order valence-electron chi connectivity index (χ0n) is 14.6. The van der Waals surface area contributed by atoms with E-state index in [9.17, 15) is 9.90 Å². The number of likely N-dealkylation sites (tertiary alicyclic amines) is 1. The number of ether oxygens (including phenoxy) is 1. The maximum Gasteiger partial charge on any atom is 0.273 e. The van der Waals surface area contributed by atoms with Crippen LogP contribution < -0.4 is 10.1 Å². The molecule has 1 saturated heterocycles. The molecule has 2 heterocycles. The molecule has 132 valence electrons. The third-order valence-corrected chi connectivity index (χ3v) is 4.32. The summed E-state index contributed by atoms with van der Waals surface area (Å²) in [6, 6.07) is 9.02. The zero-order chi connectivity index (χ0) is 18.0. The molecule has 0 spiro atoms. The number of aliphatic hydroxyl groups is 1. The van der Waals surface area contributed by atoms with Crippen molar-refractivity contribution >= 4 is 11.9 Å². The molecule has 1 amide bonds. The molecule has 0 aliphatic carbocycles. The number of hydrogen-bond donors (Lipinski definition) is 2. The van der Waals surface area contributed by atoms with Crippen LogP contribution in [-0.4, -0.2) is 52.7 Å². The van der Waals surface area contributed by atoms with Gasteiger partial charge in [0.15, 0.2) is 0 Å². The Bertz CT molecular complexity index is 781. The van der Waals surface area contributed by atoms with Gasteiger partial charge < -0.3 is 20.1 Å². The van der Waals surface area contributed by atoms with Crippen LogP contribution in [0.1, 0.15) is 34.2 Å². The van der Waals surface area contributed by atoms with E-state index in [0.29, 0.717) is 23.8 Å². The fourth-order valence-electron chi connectivity index (χ4n) is 3.14. The molecule has 1 aromatic heterocycles. The van der Waals surface area contributed by atoms with Gasteiger partial charge in [-0.3, -0.25) is 4.79 Å². The van der Waals surface area contributed by atoms with Crippen LogP contribution in [0.5, 0.6) is 5.75 Å². The zero-order valence-corrected chi connectivity index (χ0v) is 14.6. The van der Waals surface area contributed by atoms with Crippen LogP contribution in [0, 0.1) is 6.92 Å². The number of aryl methyl sites for hydroxylation is 1. The SMILES string of the molecule is CNc1nc(C)cc(C(=O)N2C[C@@H](O)C[C@@H]2c2cccc(OC)c2)n1. The number of anilines is 1. The number of carbonyl (C=O) groups excluding carboxylic acids is 1. The molecule has 1 aliphatic rings. The minimum atomic E-state index is -0.563. The summed E-state index contributed by atoms with van der Waals surface area (Å²) in [5.41, 5.74) is 1.96. The second-order valence-corrected chi connectivity index (χ2v) is 6.11. The Labute approximate surface area is 146 Å². The molecule has 0 unspecified atom stereocenters. The van der Waals surface area contributed by atoms with E-state index in [0.717, 1.165) is 11.3 Å². The van der Waals surface area contributed by atoms with Crippen molar-refractivity contribution in [2.45, 2.75) is 25.5 Å². The molecule has 25 heavy (non-hydrogen) atoms. The molecular formula is C18H22N4O3. The lowest BCUT2D eigenvalue weighted by Gasteiger charge is -2.25. The lowest BCUT2D eigenvalue weighted by atomic mass is 10.0. The minimum absolute atomic E-state index is 0.216. The summed E-state index contributed by atoms with van der Waals surface area (Å²) < 4.78 is 5.27. The Kier molecular flexibility index (Phi) is 4.85. The van der Waals surface area contributed by atoms with Gasteiger partial charge >= 0.3 is 0 Å². The second-order valence-electron chi connectivity index (χ2n) is 6.11. The van der Waals surface area contributed by atoms with Crippen LogP contribution in [0.3, 0.4) is 0 Å². The Morgan fingerprint density at radius 2 is 2.16 bits per heavy atom. The van der Waals surface area contributed by atoms with Crippen molar-refractivity contribution in [3.05, 3.63) is 47.3 Å². The molecule has 3 rings (SSSR count). The van der Waals surface area contributed by atoms with Gasteiger partial charge in [-0.1, -0.05) is 12.1 Å². The van der Waals surface area contributed by atoms with Crippen LogP contribution in [-0.2, 0) is 0 Å². The van der Waals surface area contributed by atoms with Crippen LogP contribution in [0.15, 0.2) is 30.3 Å². The highest BCUT2D eigenvalue weighted by Crippen LogP contribution is 2.34. The maximum absolute atomic E-state index is 13.0. The Hall–Kier alpha value is -2.67. The number of methoxy groups -OCH3 is 1. The number of rotatable bonds is 4. The number of β-amino-alcohol motifs (C(OH)–C–C–N with tert-alkyl or cyclic N) is 1. The quantitative estimate of drug-likeness (QED) is 0.881. The summed E-state index contributed by atoms with van der Waals surface area (Å²) in [5.74, 6) is 0.911. The molecule has 0 radical (unpaired) electrons. The number of hydrogen-bond acceptors (Lipinski definition) is 6. The minimum Gasteiger partial charge on any atom is -0.497 e. The number of benzene rings is 1. The van der Waals surface area contributed by atoms with Gasteiger partial charge in [0.05, 0.1) is 19.3 Å². The highest BCUT2D eigenvalue weighted by molar-refractivity contribution is 5.93. The van der Waals surface area contributed by atoms with Gasteiger partial charge in [-0.15, -0.1) is 0 Å². The number of aromatic nitrogens is 2. The van der Waals surface area contributed by atoms with Crippen molar-refractivity contribution in [1.29, 1.82) is 0 Å². The molecule has 7 nitrogen and oxygen atoms in total.